The summed E-state index contributed by atoms with van der Waals surface area (Å²) in [7, 11) is 0. The molecule has 0 aliphatic heterocycles. The molecule has 0 nitrogen and oxygen atoms in total. The van der Waals surface area contributed by atoms with Gasteiger partial charge in [0, 0.05) is 0 Å². The molecule has 0 unspecified atom stereocenters. The number of aryl methyl sites for hydroxylation is 3. The summed E-state index contributed by atoms with van der Waals surface area (Å²) >= 11 is 0.281. The van der Waals surface area contributed by atoms with Crippen LogP contribution in [-0.2, 0) is 0 Å². The summed E-state index contributed by atoms with van der Waals surface area (Å²) in [5.74, 6) is -1.79. The van der Waals surface area contributed by atoms with E-state index in [0.717, 1.165) is 0 Å². The van der Waals surface area contributed by atoms with Crippen LogP contribution in [0.5, 0.6) is 0 Å². The van der Waals surface area contributed by atoms with Crippen LogP contribution in [-0.4, -0.2) is 14.5 Å². The van der Waals surface area contributed by atoms with E-state index in [-0.39, 0.29) is 14.5 Å². The van der Waals surface area contributed by atoms with E-state index in [0.29, 0.717) is 0 Å². The first-order valence-electron chi connectivity index (χ1n) is 9.93. The first kappa shape index (κ1) is 20.1. The molecule has 2 heteroatoms. The summed E-state index contributed by atoms with van der Waals surface area (Å²) in [4.78, 5) is 0. The van der Waals surface area contributed by atoms with Crippen LogP contribution >= 0.6 is 5.95 Å². The molecule has 4 rings (SSSR count). The van der Waals surface area contributed by atoms with Crippen molar-refractivity contribution in [3.63, 3.8) is 0 Å². The topological polar surface area (TPSA) is 0 Å². The van der Waals surface area contributed by atoms with E-state index in [1.807, 2.05) is 0 Å². The molecule has 0 saturated carbocycles. The van der Waals surface area contributed by atoms with E-state index in [1.165, 1.54) is 37.1 Å². The summed E-state index contributed by atoms with van der Waals surface area (Å²) in [5, 5.41) is 4.45. The van der Waals surface area contributed by atoms with Gasteiger partial charge in [-0.3, -0.25) is 0 Å². The second-order valence-corrected chi connectivity index (χ2v) is 16.1. The molecular formula is C27H26PSe+. The van der Waals surface area contributed by atoms with Crippen LogP contribution in [0, 0.1) is 20.8 Å². The Kier molecular flexibility index (Phi) is 6.02. The van der Waals surface area contributed by atoms with E-state index < -0.39 is 5.95 Å². The molecule has 0 bridgehead atoms. The Morgan fingerprint density at radius 1 is 0.483 bits per heavy atom. The quantitative estimate of drug-likeness (QED) is 0.295. The average Bonchev–Trinajstić information content (AvgIpc) is 2.73. The van der Waals surface area contributed by atoms with Crippen LogP contribution in [0.4, 0.5) is 0 Å². The Morgan fingerprint density at radius 3 is 1.28 bits per heavy atom. The first-order chi connectivity index (χ1) is 14.1. The summed E-state index contributed by atoms with van der Waals surface area (Å²) in [6.45, 7) is 6.63. The van der Waals surface area contributed by atoms with Crippen LogP contribution < -0.4 is 20.4 Å². The van der Waals surface area contributed by atoms with Gasteiger partial charge in [0.05, 0.1) is 0 Å². The fourth-order valence-corrected chi connectivity index (χ4v) is 14.6. The van der Waals surface area contributed by atoms with Gasteiger partial charge >= 0.3 is 181 Å². The minimum absolute atomic E-state index is 0.281. The molecular weight excluding hydrogens is 434 g/mol. The molecule has 0 heterocycles. The Labute approximate surface area is 181 Å². The van der Waals surface area contributed by atoms with Crippen LogP contribution in [0.15, 0.2) is 103 Å². The third-order valence-corrected chi connectivity index (χ3v) is 16.2. The fourth-order valence-electron chi connectivity index (χ4n) is 3.72. The third-order valence-electron chi connectivity index (χ3n) is 5.08. The molecule has 4 aromatic rings. The van der Waals surface area contributed by atoms with Crippen molar-refractivity contribution in [3.05, 3.63) is 120 Å². The van der Waals surface area contributed by atoms with E-state index in [4.69, 9.17) is 0 Å². The molecule has 0 saturated heterocycles. The molecule has 0 atom stereocenters. The van der Waals surface area contributed by atoms with Gasteiger partial charge < -0.3 is 0 Å². The Hall–Kier alpha value is -2.17. The Morgan fingerprint density at radius 2 is 0.897 bits per heavy atom. The van der Waals surface area contributed by atoms with Crippen LogP contribution in [0.2, 0.25) is 0 Å². The Balaban J connectivity index is 2.06. The molecule has 0 amide bonds. The van der Waals surface area contributed by atoms with Gasteiger partial charge in [0.15, 0.2) is 0 Å². The second kappa shape index (κ2) is 8.68. The number of hydrogen-bond acceptors (Lipinski definition) is 0. The zero-order valence-corrected chi connectivity index (χ0v) is 19.8. The maximum absolute atomic E-state index is 2.42. The predicted octanol–water partition coefficient (Wildman–Crippen LogP) is 4.85. The minimum atomic E-state index is -1.79. The van der Waals surface area contributed by atoms with Gasteiger partial charge in [0.1, 0.15) is 0 Å². The van der Waals surface area contributed by atoms with E-state index in [9.17, 15) is 0 Å². The van der Waals surface area contributed by atoms with Crippen molar-refractivity contribution < 1.29 is 0 Å². The van der Waals surface area contributed by atoms with E-state index in [2.05, 4.69) is 124 Å². The van der Waals surface area contributed by atoms with Crippen molar-refractivity contribution in [2.75, 3.05) is 0 Å². The molecule has 29 heavy (non-hydrogen) atoms. The monoisotopic (exact) mass is 461 g/mol. The van der Waals surface area contributed by atoms with Gasteiger partial charge in [-0.05, 0) is 0 Å². The van der Waals surface area contributed by atoms with Crippen LogP contribution in [0.1, 0.15) is 16.7 Å². The van der Waals surface area contributed by atoms with Crippen molar-refractivity contribution in [2.24, 2.45) is 0 Å². The van der Waals surface area contributed by atoms with Crippen LogP contribution in [0.3, 0.4) is 0 Å². The van der Waals surface area contributed by atoms with Crippen LogP contribution in [0.25, 0.3) is 0 Å². The van der Waals surface area contributed by atoms with Gasteiger partial charge in [-0.15, -0.1) is 0 Å². The maximum atomic E-state index is 2.42. The van der Waals surface area contributed by atoms with Gasteiger partial charge in [-0.2, -0.15) is 0 Å². The molecule has 0 aliphatic carbocycles. The molecule has 0 radical (unpaired) electrons. The van der Waals surface area contributed by atoms with Gasteiger partial charge in [-0.1, -0.05) is 0 Å². The molecule has 4 aromatic carbocycles. The molecule has 144 valence electrons. The average molecular weight is 460 g/mol. The molecule has 0 aliphatic rings. The molecule has 0 spiro atoms. The summed E-state index contributed by atoms with van der Waals surface area (Å²) in [6.07, 6.45) is 0. The number of benzene rings is 4. The predicted molar refractivity (Wildman–Crippen MR) is 131 cm³/mol. The van der Waals surface area contributed by atoms with Gasteiger partial charge in [-0.25, -0.2) is 0 Å². The first-order valence-corrected chi connectivity index (χ1v) is 14.8. The Bertz CT molecular complexity index is 1010. The van der Waals surface area contributed by atoms with Gasteiger partial charge in [0.25, 0.3) is 0 Å². The van der Waals surface area contributed by atoms with E-state index in [1.54, 1.807) is 0 Å². The SMILES string of the molecule is Cc1cccc([P+]([Se]c2ccccc2)(c2cccc(C)c2)c2cccc(C)c2)c1. The second-order valence-electron chi connectivity index (χ2n) is 7.53. The number of rotatable bonds is 5. The van der Waals surface area contributed by atoms with E-state index >= 15 is 0 Å². The normalized spacial score (nSPS) is 11.4. The molecule has 0 aromatic heterocycles. The third kappa shape index (κ3) is 4.24. The van der Waals surface area contributed by atoms with Crippen molar-refractivity contribution >= 4 is 40.8 Å². The summed E-state index contributed by atoms with van der Waals surface area (Å²) in [5.41, 5.74) is 3.99. The van der Waals surface area contributed by atoms with Crippen molar-refractivity contribution in [2.45, 2.75) is 20.8 Å². The van der Waals surface area contributed by atoms with Crippen molar-refractivity contribution in [3.8, 4) is 0 Å². The number of hydrogen-bond donors (Lipinski definition) is 0. The zero-order valence-electron chi connectivity index (χ0n) is 17.2. The molecule has 0 N–H and O–H groups in total. The van der Waals surface area contributed by atoms with Crippen molar-refractivity contribution in [1.29, 1.82) is 0 Å². The summed E-state index contributed by atoms with van der Waals surface area (Å²) < 4.78 is 1.46. The zero-order chi connectivity index (χ0) is 20.3. The van der Waals surface area contributed by atoms with Gasteiger partial charge in [0.2, 0.25) is 0 Å². The van der Waals surface area contributed by atoms with Crippen molar-refractivity contribution in [1.82, 2.24) is 0 Å². The fraction of sp³-hybridized carbons (Fsp3) is 0.111. The standard InChI is InChI=1S/C27H26PSe/c1-21-10-7-13-24(18-21)28(25-14-8-11-22(2)19-25,26-15-9-12-23(3)20-26)29-27-16-5-4-6-17-27/h4-20H,1-3H3/q+1. The summed E-state index contributed by atoms with van der Waals surface area (Å²) in [6, 6.07) is 38.7. The molecule has 0 fully saturated rings.